The molecule has 0 unspecified atom stereocenters. The molecule has 2 aromatic carbocycles. The fourth-order valence-corrected chi connectivity index (χ4v) is 3.22. The summed E-state index contributed by atoms with van der Waals surface area (Å²) in [4.78, 5) is 14.0. The molecule has 0 aromatic heterocycles. The number of esters is 1. The molecule has 20 heavy (non-hydrogen) atoms. The molecule has 1 heterocycles. The third-order valence-corrected chi connectivity index (χ3v) is 4.30. The van der Waals surface area contributed by atoms with Crippen molar-refractivity contribution in [1.29, 1.82) is 0 Å². The molecule has 0 aliphatic carbocycles. The van der Waals surface area contributed by atoms with E-state index in [4.69, 9.17) is 4.74 Å². The van der Waals surface area contributed by atoms with Crippen LogP contribution in [0, 0.1) is 0 Å². The number of ether oxygens (including phenoxy) is 1. The monoisotopic (exact) mass is 282 g/mol. The molecule has 1 fully saturated rings. The first-order chi connectivity index (χ1) is 9.84. The van der Waals surface area contributed by atoms with Crippen molar-refractivity contribution in [2.24, 2.45) is 0 Å². The second-order valence-corrected chi connectivity index (χ2v) is 5.56. The Morgan fingerprint density at radius 1 is 0.950 bits per heavy atom. The number of rotatable bonds is 3. The smallest absolute Gasteiger partial charge is 0.335 e. The molecule has 3 heteroatoms. The number of benzene rings is 2. The van der Waals surface area contributed by atoms with Gasteiger partial charge in [-0.3, -0.25) is 0 Å². The number of cyclic esters (lactones) is 1. The molecule has 1 aliphatic rings. The Balaban J connectivity index is 2.03. The Morgan fingerprint density at radius 3 is 2.20 bits per heavy atom. The van der Waals surface area contributed by atoms with Crippen molar-refractivity contribution in [3.05, 3.63) is 71.8 Å². The first kappa shape index (κ1) is 13.0. The Hall–Kier alpha value is -2.00. The van der Waals surface area contributed by atoms with Gasteiger partial charge in [-0.2, -0.15) is 0 Å². The lowest BCUT2D eigenvalue weighted by molar-refractivity contribution is -0.134. The minimum Gasteiger partial charge on any atom is -0.462 e. The van der Waals surface area contributed by atoms with Gasteiger partial charge in [-0.05, 0) is 17.7 Å². The summed E-state index contributed by atoms with van der Waals surface area (Å²) in [5.41, 5.74) is 1.85. The van der Waals surface area contributed by atoms with Crippen LogP contribution < -0.4 is 0 Å². The molecule has 0 bridgehead atoms. The molecule has 3 rings (SSSR count). The zero-order valence-electron chi connectivity index (χ0n) is 10.9. The first-order valence-corrected chi connectivity index (χ1v) is 7.35. The molecule has 1 saturated heterocycles. The predicted octanol–water partition coefficient (Wildman–Crippen LogP) is 4.14. The molecule has 0 saturated carbocycles. The summed E-state index contributed by atoms with van der Waals surface area (Å²) in [6.07, 6.45) is 0.683. The van der Waals surface area contributed by atoms with Crippen LogP contribution in [0.3, 0.4) is 0 Å². The quantitative estimate of drug-likeness (QED) is 0.481. The zero-order valence-corrected chi connectivity index (χ0v) is 11.7. The maximum Gasteiger partial charge on any atom is 0.335 e. The summed E-state index contributed by atoms with van der Waals surface area (Å²) in [7, 11) is 0. The van der Waals surface area contributed by atoms with E-state index in [1.54, 1.807) is 11.8 Å². The number of thioether (sulfide) groups is 1. The van der Waals surface area contributed by atoms with Crippen molar-refractivity contribution >= 4 is 22.6 Å². The van der Waals surface area contributed by atoms with Gasteiger partial charge in [0.05, 0.1) is 12.2 Å². The number of hydrogen-bond donors (Lipinski definition) is 0. The maximum absolute atomic E-state index is 11.9. The normalized spacial score (nSPS) is 16.9. The molecule has 2 nitrogen and oxygen atoms in total. The summed E-state index contributed by atoms with van der Waals surface area (Å²) in [6, 6.07) is 20.1. The summed E-state index contributed by atoms with van der Waals surface area (Å²) in [5, 5.41) is 0. The molecular weight excluding hydrogens is 268 g/mol. The highest BCUT2D eigenvalue weighted by Gasteiger charge is 2.24. The van der Waals surface area contributed by atoms with Gasteiger partial charge in [0, 0.05) is 16.2 Å². The third-order valence-electron chi connectivity index (χ3n) is 3.10. The van der Waals surface area contributed by atoms with E-state index in [1.165, 1.54) is 0 Å². The molecule has 2 aromatic rings. The Bertz CT molecular complexity index is 633. The highest BCUT2D eigenvalue weighted by Crippen LogP contribution is 2.39. The van der Waals surface area contributed by atoms with Gasteiger partial charge in [-0.25, -0.2) is 4.79 Å². The lowest BCUT2D eigenvalue weighted by Gasteiger charge is -2.09. The van der Waals surface area contributed by atoms with Gasteiger partial charge in [0.1, 0.15) is 0 Å². The highest BCUT2D eigenvalue weighted by molar-refractivity contribution is 8.08. The Morgan fingerprint density at radius 2 is 1.60 bits per heavy atom. The van der Waals surface area contributed by atoms with Crippen molar-refractivity contribution in [2.75, 3.05) is 6.61 Å². The molecular formula is C17H14O2S. The summed E-state index contributed by atoms with van der Waals surface area (Å²) < 4.78 is 5.10. The van der Waals surface area contributed by atoms with Gasteiger partial charge >= 0.3 is 5.97 Å². The predicted molar refractivity (Wildman–Crippen MR) is 81.2 cm³/mol. The maximum atomic E-state index is 11.9. The van der Waals surface area contributed by atoms with Crippen molar-refractivity contribution in [3.8, 4) is 0 Å². The summed E-state index contributed by atoms with van der Waals surface area (Å²) in [5.74, 6) is -0.188. The summed E-state index contributed by atoms with van der Waals surface area (Å²) in [6.45, 7) is 0.486. The van der Waals surface area contributed by atoms with Crippen LogP contribution in [0.15, 0.2) is 71.1 Å². The van der Waals surface area contributed by atoms with Crippen LogP contribution >= 0.6 is 11.8 Å². The SMILES string of the molecule is O=C1OCC/C1=C(/Sc1ccccc1)c1ccccc1. The van der Waals surface area contributed by atoms with E-state index >= 15 is 0 Å². The van der Waals surface area contributed by atoms with Gasteiger partial charge in [-0.1, -0.05) is 60.3 Å². The summed E-state index contributed by atoms with van der Waals surface area (Å²) >= 11 is 1.62. The van der Waals surface area contributed by atoms with Crippen LogP contribution in [0.2, 0.25) is 0 Å². The van der Waals surface area contributed by atoms with E-state index in [1.807, 2.05) is 48.5 Å². The molecule has 0 spiro atoms. The van der Waals surface area contributed by atoms with Gasteiger partial charge < -0.3 is 4.74 Å². The standard InChI is InChI=1S/C17H14O2S/c18-17-15(11-12-19-17)16(13-7-3-1-4-8-13)20-14-9-5-2-6-10-14/h1-10H,11-12H2/b16-15-. The Labute approximate surface area is 122 Å². The molecule has 0 radical (unpaired) electrons. The lowest BCUT2D eigenvalue weighted by Crippen LogP contribution is -1.97. The molecule has 0 atom stereocenters. The second kappa shape index (κ2) is 5.97. The fraction of sp³-hybridized carbons (Fsp3) is 0.118. The topological polar surface area (TPSA) is 26.3 Å². The Kier molecular flexibility index (Phi) is 3.88. The lowest BCUT2D eigenvalue weighted by atomic mass is 10.1. The average molecular weight is 282 g/mol. The highest BCUT2D eigenvalue weighted by atomic mass is 32.2. The van der Waals surface area contributed by atoms with E-state index in [0.29, 0.717) is 13.0 Å². The number of hydrogen-bond acceptors (Lipinski definition) is 3. The van der Waals surface area contributed by atoms with Crippen LogP contribution in [0.4, 0.5) is 0 Å². The number of carbonyl (C=O) groups excluding carboxylic acids is 1. The van der Waals surface area contributed by atoms with E-state index in [-0.39, 0.29) is 5.97 Å². The minimum absolute atomic E-state index is 0.188. The molecule has 100 valence electrons. The van der Waals surface area contributed by atoms with Gasteiger partial charge in [-0.15, -0.1) is 0 Å². The van der Waals surface area contributed by atoms with Crippen molar-refractivity contribution in [1.82, 2.24) is 0 Å². The molecule has 0 N–H and O–H groups in total. The van der Waals surface area contributed by atoms with Gasteiger partial charge in [0.2, 0.25) is 0 Å². The average Bonchev–Trinajstić information content (AvgIpc) is 2.93. The van der Waals surface area contributed by atoms with Crippen LogP contribution in [0.5, 0.6) is 0 Å². The largest absolute Gasteiger partial charge is 0.462 e. The van der Waals surface area contributed by atoms with Crippen molar-refractivity contribution < 1.29 is 9.53 Å². The molecule has 1 aliphatic heterocycles. The van der Waals surface area contributed by atoms with Crippen molar-refractivity contribution in [3.63, 3.8) is 0 Å². The van der Waals surface area contributed by atoms with Crippen LogP contribution in [0.1, 0.15) is 12.0 Å². The van der Waals surface area contributed by atoms with E-state index in [9.17, 15) is 4.79 Å². The number of carbonyl (C=O) groups is 1. The van der Waals surface area contributed by atoms with Gasteiger partial charge in [0.15, 0.2) is 0 Å². The van der Waals surface area contributed by atoms with E-state index in [2.05, 4.69) is 12.1 Å². The first-order valence-electron chi connectivity index (χ1n) is 6.53. The van der Waals surface area contributed by atoms with E-state index < -0.39 is 0 Å². The zero-order chi connectivity index (χ0) is 13.8. The third kappa shape index (κ3) is 2.78. The van der Waals surface area contributed by atoms with Crippen molar-refractivity contribution in [2.45, 2.75) is 11.3 Å². The van der Waals surface area contributed by atoms with Gasteiger partial charge in [0.25, 0.3) is 0 Å². The van der Waals surface area contributed by atoms with Crippen LogP contribution in [-0.2, 0) is 9.53 Å². The van der Waals surface area contributed by atoms with E-state index in [0.717, 1.165) is 20.9 Å². The van der Waals surface area contributed by atoms with Crippen LogP contribution in [0.25, 0.3) is 4.91 Å². The fourth-order valence-electron chi connectivity index (χ4n) is 2.13. The second-order valence-electron chi connectivity index (χ2n) is 4.47. The minimum atomic E-state index is -0.188. The molecule has 0 amide bonds. The van der Waals surface area contributed by atoms with Crippen LogP contribution in [-0.4, -0.2) is 12.6 Å².